The molecule has 3 aromatic heterocycles. The van der Waals surface area contributed by atoms with Crippen LogP contribution in [0.25, 0.3) is 22.5 Å². The maximum atomic E-state index is 14.6. The van der Waals surface area contributed by atoms with Crippen molar-refractivity contribution in [2.45, 2.75) is 50.7 Å². The van der Waals surface area contributed by atoms with Gasteiger partial charge in [0.2, 0.25) is 5.65 Å². The number of fused-ring (bicyclic) bond motifs is 1. The highest BCUT2D eigenvalue weighted by Crippen LogP contribution is 2.40. The van der Waals surface area contributed by atoms with Crippen LogP contribution in [0.3, 0.4) is 0 Å². The van der Waals surface area contributed by atoms with Crippen LogP contribution in [-0.4, -0.2) is 31.3 Å². The summed E-state index contributed by atoms with van der Waals surface area (Å²) in [6.07, 6.45) is 7.59. The summed E-state index contributed by atoms with van der Waals surface area (Å²) in [5.74, 6) is -0.381. The number of aryl methyl sites for hydroxylation is 1. The van der Waals surface area contributed by atoms with E-state index in [0.29, 0.717) is 42.0 Å². The SMILES string of the molecule is Cc1nc2nc([C@H]3CCO[C@H](c4cnn(C5CC5)c4)C3)nc(-c3ccc(F)cc3F)c2o1. The van der Waals surface area contributed by atoms with Gasteiger partial charge in [-0.25, -0.2) is 18.7 Å². The molecule has 7 nitrogen and oxygen atoms in total. The second-order valence-corrected chi connectivity index (χ2v) is 8.51. The summed E-state index contributed by atoms with van der Waals surface area (Å²) in [6, 6.07) is 3.93. The Balaban J connectivity index is 1.37. The van der Waals surface area contributed by atoms with Gasteiger partial charge in [0, 0.05) is 42.8 Å². The van der Waals surface area contributed by atoms with E-state index in [1.807, 2.05) is 10.9 Å². The van der Waals surface area contributed by atoms with Gasteiger partial charge < -0.3 is 9.15 Å². The maximum Gasteiger partial charge on any atom is 0.202 e. The molecule has 4 aromatic rings. The van der Waals surface area contributed by atoms with E-state index in [9.17, 15) is 8.78 Å². The first-order valence-corrected chi connectivity index (χ1v) is 10.8. The Morgan fingerprint density at radius 1 is 1.09 bits per heavy atom. The van der Waals surface area contributed by atoms with Gasteiger partial charge in [-0.1, -0.05) is 0 Å². The molecule has 0 N–H and O–H groups in total. The lowest BCUT2D eigenvalue weighted by molar-refractivity contribution is 0.00396. The summed E-state index contributed by atoms with van der Waals surface area (Å²) in [5.41, 5.74) is 2.16. The first kappa shape index (κ1) is 19.5. The number of nitrogens with zero attached hydrogens (tertiary/aromatic N) is 5. The van der Waals surface area contributed by atoms with Gasteiger partial charge in [0.15, 0.2) is 11.5 Å². The van der Waals surface area contributed by atoms with E-state index in [2.05, 4.69) is 26.2 Å². The second-order valence-electron chi connectivity index (χ2n) is 8.51. The van der Waals surface area contributed by atoms with Crippen molar-refractivity contribution in [3.63, 3.8) is 0 Å². The first-order valence-electron chi connectivity index (χ1n) is 10.8. The minimum Gasteiger partial charge on any atom is -0.437 e. The maximum absolute atomic E-state index is 14.6. The summed E-state index contributed by atoms with van der Waals surface area (Å²) in [7, 11) is 0. The summed E-state index contributed by atoms with van der Waals surface area (Å²) >= 11 is 0. The predicted octanol–water partition coefficient (Wildman–Crippen LogP) is 5.04. The highest BCUT2D eigenvalue weighted by molar-refractivity contribution is 5.85. The number of benzene rings is 1. The van der Waals surface area contributed by atoms with Crippen molar-refractivity contribution in [3.05, 3.63) is 59.5 Å². The molecule has 0 radical (unpaired) electrons. The Kier molecular flexibility index (Phi) is 4.53. The van der Waals surface area contributed by atoms with Crippen molar-refractivity contribution >= 4 is 11.2 Å². The van der Waals surface area contributed by atoms with Gasteiger partial charge in [0.25, 0.3) is 0 Å². The molecule has 9 heteroatoms. The van der Waals surface area contributed by atoms with Gasteiger partial charge >= 0.3 is 0 Å². The zero-order chi connectivity index (χ0) is 21.8. The third-order valence-corrected chi connectivity index (χ3v) is 6.13. The normalized spacial score (nSPS) is 21.3. The quantitative estimate of drug-likeness (QED) is 0.445. The van der Waals surface area contributed by atoms with Gasteiger partial charge in [-0.3, -0.25) is 4.68 Å². The van der Waals surface area contributed by atoms with Gasteiger partial charge in [-0.2, -0.15) is 10.1 Å². The van der Waals surface area contributed by atoms with Gasteiger partial charge in [0.1, 0.15) is 23.2 Å². The zero-order valence-electron chi connectivity index (χ0n) is 17.5. The molecule has 1 aromatic carbocycles. The van der Waals surface area contributed by atoms with E-state index in [1.54, 1.807) is 6.92 Å². The second kappa shape index (κ2) is 7.44. The van der Waals surface area contributed by atoms with E-state index in [1.165, 1.54) is 25.0 Å². The van der Waals surface area contributed by atoms with E-state index >= 15 is 0 Å². The fourth-order valence-electron chi connectivity index (χ4n) is 4.31. The molecule has 0 unspecified atom stereocenters. The number of hydrogen-bond donors (Lipinski definition) is 0. The third-order valence-electron chi connectivity index (χ3n) is 6.13. The van der Waals surface area contributed by atoms with Crippen molar-refractivity contribution in [1.82, 2.24) is 24.7 Å². The lowest BCUT2D eigenvalue weighted by atomic mass is 9.92. The highest BCUT2D eigenvalue weighted by Gasteiger charge is 2.31. The minimum atomic E-state index is -0.706. The Labute approximate surface area is 182 Å². The molecule has 2 fully saturated rings. The van der Waals surface area contributed by atoms with E-state index < -0.39 is 11.6 Å². The Morgan fingerprint density at radius 3 is 2.78 bits per heavy atom. The van der Waals surface area contributed by atoms with E-state index in [0.717, 1.165) is 18.1 Å². The fraction of sp³-hybridized carbons (Fsp3) is 0.391. The predicted molar refractivity (Wildman–Crippen MR) is 111 cm³/mol. The fourth-order valence-corrected chi connectivity index (χ4v) is 4.31. The molecule has 0 spiro atoms. The smallest absolute Gasteiger partial charge is 0.202 e. The lowest BCUT2D eigenvalue weighted by Gasteiger charge is -2.28. The largest absolute Gasteiger partial charge is 0.437 e. The average Bonchev–Trinajstić information content (AvgIpc) is 3.38. The molecule has 2 aliphatic rings. The molecule has 2 atom stereocenters. The third kappa shape index (κ3) is 3.46. The highest BCUT2D eigenvalue weighted by atomic mass is 19.1. The van der Waals surface area contributed by atoms with Crippen LogP contribution in [0.2, 0.25) is 0 Å². The van der Waals surface area contributed by atoms with Gasteiger partial charge in [-0.15, -0.1) is 0 Å². The van der Waals surface area contributed by atoms with Crippen LogP contribution in [0, 0.1) is 18.6 Å². The molecule has 0 bridgehead atoms. The molecule has 4 heterocycles. The summed E-state index contributed by atoms with van der Waals surface area (Å²) in [5, 5.41) is 4.48. The van der Waals surface area contributed by atoms with Crippen LogP contribution in [0.4, 0.5) is 8.78 Å². The molecule has 1 aliphatic heterocycles. The molecule has 1 saturated heterocycles. The van der Waals surface area contributed by atoms with Crippen LogP contribution in [-0.2, 0) is 4.74 Å². The van der Waals surface area contributed by atoms with E-state index in [4.69, 9.17) is 9.15 Å². The Bertz CT molecular complexity index is 1310. The number of rotatable bonds is 4. The summed E-state index contributed by atoms with van der Waals surface area (Å²) in [6.45, 7) is 2.26. The average molecular weight is 437 g/mol. The van der Waals surface area contributed by atoms with Crippen LogP contribution >= 0.6 is 0 Å². The van der Waals surface area contributed by atoms with Crippen molar-refractivity contribution in [1.29, 1.82) is 0 Å². The summed E-state index contributed by atoms with van der Waals surface area (Å²) < 4.78 is 41.8. The number of halogens is 2. The molecule has 164 valence electrons. The Hall–Kier alpha value is -3.20. The Morgan fingerprint density at radius 2 is 1.97 bits per heavy atom. The van der Waals surface area contributed by atoms with E-state index in [-0.39, 0.29) is 23.3 Å². The van der Waals surface area contributed by atoms with Crippen LogP contribution in [0.15, 0.2) is 35.0 Å². The number of oxazole rings is 1. The van der Waals surface area contributed by atoms with Gasteiger partial charge in [-0.05, 0) is 37.8 Å². The van der Waals surface area contributed by atoms with Crippen molar-refractivity contribution in [3.8, 4) is 11.3 Å². The zero-order valence-corrected chi connectivity index (χ0v) is 17.5. The molecular formula is C23H21F2N5O2. The number of hydrogen-bond acceptors (Lipinski definition) is 6. The van der Waals surface area contributed by atoms with Crippen molar-refractivity contribution < 1.29 is 17.9 Å². The number of aromatic nitrogens is 5. The van der Waals surface area contributed by atoms with Gasteiger partial charge in [0.05, 0.1) is 18.3 Å². The minimum absolute atomic E-state index is 0.00157. The molecular weight excluding hydrogens is 416 g/mol. The van der Waals surface area contributed by atoms with Crippen molar-refractivity contribution in [2.24, 2.45) is 0 Å². The van der Waals surface area contributed by atoms with Crippen molar-refractivity contribution in [2.75, 3.05) is 6.61 Å². The topological polar surface area (TPSA) is 78.9 Å². The molecule has 1 saturated carbocycles. The summed E-state index contributed by atoms with van der Waals surface area (Å²) in [4.78, 5) is 13.7. The lowest BCUT2D eigenvalue weighted by Crippen LogP contribution is -2.20. The standard InChI is InChI=1S/C23H21F2N5O2/c1-12-27-23-21(32-12)20(17-5-2-15(24)9-18(17)25)28-22(29-23)13-6-7-31-19(8-13)14-10-26-30(11-14)16-3-4-16/h2,5,9-11,13,16,19H,3-4,6-8H2,1H3/t13-,19-/m0/s1. The molecule has 32 heavy (non-hydrogen) atoms. The monoisotopic (exact) mass is 437 g/mol. The van der Waals surface area contributed by atoms with Crippen LogP contribution in [0.5, 0.6) is 0 Å². The van der Waals surface area contributed by atoms with Crippen LogP contribution < -0.4 is 0 Å². The van der Waals surface area contributed by atoms with Crippen LogP contribution in [0.1, 0.15) is 61.0 Å². The molecule has 0 amide bonds. The molecule has 6 rings (SSSR count). The first-order chi connectivity index (χ1) is 15.5. The number of ether oxygens (including phenoxy) is 1. The molecule has 1 aliphatic carbocycles.